The van der Waals surface area contributed by atoms with Gasteiger partial charge < -0.3 is 24.8 Å². The van der Waals surface area contributed by atoms with Gasteiger partial charge in [-0.05, 0) is 53.6 Å². The van der Waals surface area contributed by atoms with E-state index in [9.17, 15) is 18.0 Å². The van der Waals surface area contributed by atoms with Crippen molar-refractivity contribution in [3.8, 4) is 16.9 Å². The van der Waals surface area contributed by atoms with Gasteiger partial charge in [0.2, 0.25) is 0 Å². The largest absolute Gasteiger partial charge is 0.495 e. The van der Waals surface area contributed by atoms with E-state index in [1.807, 2.05) is 6.07 Å². The van der Waals surface area contributed by atoms with E-state index in [4.69, 9.17) is 4.74 Å². The first-order valence-electron chi connectivity index (χ1n) is 12.7. The van der Waals surface area contributed by atoms with Gasteiger partial charge in [0.25, 0.3) is 21.8 Å². The smallest absolute Gasteiger partial charge is 0.271 e. The molecule has 2 amide bonds. The van der Waals surface area contributed by atoms with Crippen LogP contribution in [0, 0.1) is 0 Å². The number of rotatable bonds is 11. The molecule has 0 aliphatic heterocycles. The van der Waals surface area contributed by atoms with Crippen molar-refractivity contribution >= 4 is 33.2 Å². The fourth-order valence-corrected chi connectivity index (χ4v) is 5.31. The van der Waals surface area contributed by atoms with Crippen molar-refractivity contribution in [3.63, 3.8) is 0 Å². The van der Waals surface area contributed by atoms with Crippen LogP contribution in [0.1, 0.15) is 20.8 Å². The number of hydrogen-bond donors (Lipinski definition) is 3. The number of imidazole rings is 1. The Morgan fingerprint density at radius 3 is 2.39 bits per heavy atom. The molecule has 0 atom stereocenters. The number of aryl methyl sites for hydroxylation is 1. The van der Waals surface area contributed by atoms with Crippen LogP contribution in [0.3, 0.4) is 0 Å². The minimum atomic E-state index is -4.05. The zero-order valence-electron chi connectivity index (χ0n) is 23.2. The molecule has 0 fully saturated rings. The molecule has 12 heteroatoms. The summed E-state index contributed by atoms with van der Waals surface area (Å²) in [5, 5.41) is 5.95. The molecule has 0 unspecified atom stereocenters. The molecule has 3 N–H and O–H groups in total. The first-order valence-corrected chi connectivity index (χ1v) is 14.2. The number of anilines is 2. The third kappa shape index (κ3) is 7.22. The van der Waals surface area contributed by atoms with Gasteiger partial charge in [0.15, 0.2) is 0 Å². The molecular formula is C29H32N6O5S. The third-order valence-corrected chi connectivity index (χ3v) is 7.50. The molecule has 0 radical (unpaired) electrons. The van der Waals surface area contributed by atoms with Crippen LogP contribution >= 0.6 is 0 Å². The second-order valence-corrected chi connectivity index (χ2v) is 11.1. The summed E-state index contributed by atoms with van der Waals surface area (Å²) >= 11 is 0. The first-order chi connectivity index (χ1) is 19.6. The zero-order valence-corrected chi connectivity index (χ0v) is 24.0. The molecular weight excluding hydrogens is 544 g/mol. The quantitative estimate of drug-likeness (QED) is 0.233. The molecule has 0 aliphatic carbocycles. The van der Waals surface area contributed by atoms with Crippen molar-refractivity contribution in [3.05, 3.63) is 90.5 Å². The predicted octanol–water partition coefficient (Wildman–Crippen LogP) is 3.44. The SMILES string of the molecule is COc1ccc(-c2cccc(C(=O)N(C)C)c2)cc1S(=O)(=O)Nc1cccc(NCCNC(=O)c2cn(C)cn2)c1. The van der Waals surface area contributed by atoms with Crippen LogP contribution in [0.5, 0.6) is 5.75 Å². The Morgan fingerprint density at radius 2 is 1.68 bits per heavy atom. The van der Waals surface area contributed by atoms with Gasteiger partial charge in [0.1, 0.15) is 16.3 Å². The van der Waals surface area contributed by atoms with E-state index < -0.39 is 10.0 Å². The van der Waals surface area contributed by atoms with E-state index in [1.165, 1.54) is 18.1 Å². The maximum atomic E-state index is 13.5. The van der Waals surface area contributed by atoms with E-state index in [-0.39, 0.29) is 22.5 Å². The first kappa shape index (κ1) is 29.2. The van der Waals surface area contributed by atoms with E-state index in [2.05, 4.69) is 20.3 Å². The number of sulfonamides is 1. The number of carbonyl (C=O) groups is 2. The maximum absolute atomic E-state index is 13.5. The number of aromatic nitrogens is 2. The topological polar surface area (TPSA) is 135 Å². The lowest BCUT2D eigenvalue weighted by Crippen LogP contribution is -2.29. The summed E-state index contributed by atoms with van der Waals surface area (Å²) < 4.78 is 36.6. The molecule has 41 heavy (non-hydrogen) atoms. The number of carbonyl (C=O) groups excluding carboxylic acids is 2. The van der Waals surface area contributed by atoms with Gasteiger partial charge in [-0.3, -0.25) is 14.3 Å². The van der Waals surface area contributed by atoms with Gasteiger partial charge in [-0.1, -0.05) is 24.3 Å². The molecule has 0 aliphatic rings. The van der Waals surface area contributed by atoms with Gasteiger partial charge in [-0.25, -0.2) is 13.4 Å². The van der Waals surface area contributed by atoms with Gasteiger partial charge in [-0.2, -0.15) is 0 Å². The van der Waals surface area contributed by atoms with Crippen LogP contribution in [0.2, 0.25) is 0 Å². The number of ether oxygens (including phenoxy) is 1. The van der Waals surface area contributed by atoms with Crippen LogP contribution < -0.4 is 20.1 Å². The normalized spacial score (nSPS) is 11.0. The lowest BCUT2D eigenvalue weighted by atomic mass is 10.0. The second kappa shape index (κ2) is 12.6. The minimum Gasteiger partial charge on any atom is -0.495 e. The van der Waals surface area contributed by atoms with Crippen molar-refractivity contribution in [1.82, 2.24) is 19.8 Å². The highest BCUT2D eigenvalue weighted by molar-refractivity contribution is 7.92. The average Bonchev–Trinajstić information content (AvgIpc) is 3.40. The van der Waals surface area contributed by atoms with Crippen LogP contribution in [-0.2, 0) is 17.1 Å². The Balaban J connectivity index is 1.47. The molecule has 0 saturated carbocycles. The minimum absolute atomic E-state index is 0.0440. The summed E-state index contributed by atoms with van der Waals surface area (Å²) in [4.78, 5) is 30.0. The van der Waals surface area contributed by atoms with E-state index in [1.54, 1.807) is 92.8 Å². The van der Waals surface area contributed by atoms with Gasteiger partial charge in [0.05, 0.1) is 19.1 Å². The Labute approximate surface area is 239 Å². The molecule has 4 rings (SSSR count). The number of hydrogen-bond acceptors (Lipinski definition) is 7. The number of benzene rings is 3. The summed E-state index contributed by atoms with van der Waals surface area (Å²) in [6.45, 7) is 0.761. The van der Waals surface area contributed by atoms with Crippen molar-refractivity contribution in [1.29, 1.82) is 0 Å². The standard InChI is InChI=1S/C29H32N6O5S/c1-34(2)29(37)22-8-5-7-20(15-22)21-11-12-26(40-4)27(16-21)41(38,39)33-24-10-6-9-23(17-24)30-13-14-31-28(36)25-18-35(3)19-32-25/h5-12,15-19,30,33H,13-14H2,1-4H3,(H,31,36). The molecule has 11 nitrogen and oxygen atoms in total. The highest BCUT2D eigenvalue weighted by Gasteiger charge is 2.21. The molecule has 0 saturated heterocycles. The van der Waals surface area contributed by atoms with Crippen LogP contribution in [-0.4, -0.2) is 69.0 Å². The molecule has 214 valence electrons. The lowest BCUT2D eigenvalue weighted by molar-refractivity contribution is 0.0827. The summed E-state index contributed by atoms with van der Waals surface area (Å²) in [7, 11) is 2.48. The molecule has 1 heterocycles. The fraction of sp³-hybridized carbons (Fsp3) is 0.207. The Kier molecular flexibility index (Phi) is 8.93. The summed E-state index contributed by atoms with van der Waals surface area (Å²) in [6, 6.07) is 18.7. The van der Waals surface area contributed by atoms with Gasteiger partial charge in [0, 0.05) is 51.7 Å². The zero-order chi connectivity index (χ0) is 29.6. The van der Waals surface area contributed by atoms with Crippen LogP contribution in [0.4, 0.5) is 11.4 Å². The van der Waals surface area contributed by atoms with Crippen molar-refractivity contribution in [2.45, 2.75) is 4.90 Å². The summed E-state index contributed by atoms with van der Waals surface area (Å²) in [5.41, 5.74) is 3.14. The molecule has 1 aromatic heterocycles. The monoisotopic (exact) mass is 576 g/mol. The Bertz CT molecular complexity index is 1670. The number of nitrogens with zero attached hydrogens (tertiary/aromatic N) is 3. The van der Waals surface area contributed by atoms with Crippen LogP contribution in [0.25, 0.3) is 11.1 Å². The fourth-order valence-electron chi connectivity index (χ4n) is 4.06. The Hall–Kier alpha value is -4.84. The molecule has 0 bridgehead atoms. The number of nitrogens with one attached hydrogen (secondary N) is 3. The molecule has 4 aromatic rings. The predicted molar refractivity (Wildman–Crippen MR) is 158 cm³/mol. The highest BCUT2D eigenvalue weighted by atomic mass is 32.2. The summed E-state index contributed by atoms with van der Waals surface area (Å²) in [6.07, 6.45) is 3.18. The van der Waals surface area contributed by atoms with Gasteiger partial charge >= 0.3 is 0 Å². The highest BCUT2D eigenvalue weighted by Crippen LogP contribution is 2.32. The molecule has 0 spiro atoms. The molecule has 3 aromatic carbocycles. The maximum Gasteiger partial charge on any atom is 0.271 e. The van der Waals surface area contributed by atoms with Crippen LogP contribution in [0.15, 0.2) is 84.1 Å². The number of methoxy groups -OCH3 is 1. The van der Waals surface area contributed by atoms with Crippen molar-refractivity contribution in [2.24, 2.45) is 7.05 Å². The van der Waals surface area contributed by atoms with E-state index in [0.717, 1.165) is 0 Å². The van der Waals surface area contributed by atoms with Gasteiger partial charge in [-0.15, -0.1) is 0 Å². The lowest BCUT2D eigenvalue weighted by Gasteiger charge is -2.15. The van der Waals surface area contributed by atoms with E-state index in [0.29, 0.717) is 46.8 Å². The summed E-state index contributed by atoms with van der Waals surface area (Å²) in [5.74, 6) is -0.250. The number of amides is 2. The Morgan fingerprint density at radius 1 is 0.951 bits per heavy atom. The average molecular weight is 577 g/mol. The van der Waals surface area contributed by atoms with Crippen molar-refractivity contribution < 1.29 is 22.7 Å². The third-order valence-electron chi connectivity index (χ3n) is 6.09. The second-order valence-electron chi connectivity index (χ2n) is 9.44. The van der Waals surface area contributed by atoms with Crippen molar-refractivity contribution in [2.75, 3.05) is 44.3 Å². The van der Waals surface area contributed by atoms with E-state index >= 15 is 0 Å².